The first kappa shape index (κ1) is 17.4. The molecule has 2 rings (SSSR count). The fourth-order valence-corrected chi connectivity index (χ4v) is 2.81. The van der Waals surface area contributed by atoms with Crippen molar-refractivity contribution in [2.45, 2.75) is 32.6 Å². The predicted octanol–water partition coefficient (Wildman–Crippen LogP) is 3.99. The van der Waals surface area contributed by atoms with E-state index < -0.39 is 0 Å². The SMILES string of the molecule is CCCN(CCCc1ccccc1)CCc1ccc(O)c(O)c1. The van der Waals surface area contributed by atoms with E-state index in [0.717, 1.165) is 50.9 Å². The lowest BCUT2D eigenvalue weighted by atomic mass is 10.1. The summed E-state index contributed by atoms with van der Waals surface area (Å²) in [6.07, 6.45) is 4.30. The summed E-state index contributed by atoms with van der Waals surface area (Å²) >= 11 is 0. The van der Waals surface area contributed by atoms with Crippen LogP contribution in [-0.2, 0) is 12.8 Å². The van der Waals surface area contributed by atoms with Crippen LogP contribution in [0.3, 0.4) is 0 Å². The number of benzene rings is 2. The van der Waals surface area contributed by atoms with Gasteiger partial charge < -0.3 is 15.1 Å². The van der Waals surface area contributed by atoms with Crippen molar-refractivity contribution < 1.29 is 10.2 Å². The maximum Gasteiger partial charge on any atom is 0.157 e. The van der Waals surface area contributed by atoms with Gasteiger partial charge in [-0.25, -0.2) is 0 Å². The molecule has 0 atom stereocenters. The lowest BCUT2D eigenvalue weighted by Gasteiger charge is -2.21. The quantitative estimate of drug-likeness (QED) is 0.688. The third kappa shape index (κ3) is 5.95. The van der Waals surface area contributed by atoms with Crippen molar-refractivity contribution in [1.29, 1.82) is 0 Å². The average Bonchev–Trinajstić information content (AvgIpc) is 2.56. The van der Waals surface area contributed by atoms with E-state index in [0.29, 0.717) is 0 Å². The summed E-state index contributed by atoms with van der Waals surface area (Å²) in [5.74, 6) is -0.0874. The summed E-state index contributed by atoms with van der Waals surface area (Å²) < 4.78 is 0. The molecule has 0 aliphatic carbocycles. The van der Waals surface area contributed by atoms with Crippen LogP contribution in [0.4, 0.5) is 0 Å². The van der Waals surface area contributed by atoms with Crippen LogP contribution in [0, 0.1) is 0 Å². The van der Waals surface area contributed by atoms with E-state index >= 15 is 0 Å². The molecule has 0 radical (unpaired) electrons. The Morgan fingerprint density at radius 3 is 2.26 bits per heavy atom. The first-order chi connectivity index (χ1) is 11.2. The van der Waals surface area contributed by atoms with Gasteiger partial charge in [0.15, 0.2) is 11.5 Å². The highest BCUT2D eigenvalue weighted by Gasteiger charge is 2.06. The number of rotatable bonds is 9. The van der Waals surface area contributed by atoms with E-state index in [1.807, 2.05) is 6.07 Å². The zero-order valence-corrected chi connectivity index (χ0v) is 13.9. The number of aromatic hydroxyl groups is 2. The molecule has 0 amide bonds. The van der Waals surface area contributed by atoms with Crippen LogP contribution in [0.15, 0.2) is 48.5 Å². The third-order valence-electron chi connectivity index (χ3n) is 4.08. The lowest BCUT2D eigenvalue weighted by molar-refractivity contribution is 0.274. The summed E-state index contributed by atoms with van der Waals surface area (Å²) in [6.45, 7) is 5.37. The molecule has 0 spiro atoms. The number of aryl methyl sites for hydroxylation is 1. The molecule has 0 saturated heterocycles. The highest BCUT2D eigenvalue weighted by molar-refractivity contribution is 5.40. The molecule has 0 bridgehead atoms. The first-order valence-corrected chi connectivity index (χ1v) is 8.46. The molecule has 3 heteroatoms. The number of phenols is 2. The van der Waals surface area contributed by atoms with Crippen molar-refractivity contribution >= 4 is 0 Å². The van der Waals surface area contributed by atoms with Crippen LogP contribution in [-0.4, -0.2) is 34.7 Å². The maximum atomic E-state index is 9.57. The van der Waals surface area contributed by atoms with Gasteiger partial charge in [-0.15, -0.1) is 0 Å². The molecule has 0 aliphatic rings. The van der Waals surface area contributed by atoms with Crippen molar-refractivity contribution in [3.63, 3.8) is 0 Å². The molecule has 0 unspecified atom stereocenters. The molecule has 2 aromatic rings. The van der Waals surface area contributed by atoms with Crippen molar-refractivity contribution in [2.24, 2.45) is 0 Å². The highest BCUT2D eigenvalue weighted by atomic mass is 16.3. The van der Waals surface area contributed by atoms with Crippen LogP contribution in [0.1, 0.15) is 30.9 Å². The standard InChI is InChI=1S/C20H27NO2/c1-2-13-21(14-6-9-17-7-4-3-5-8-17)15-12-18-10-11-19(22)20(23)16-18/h3-5,7-8,10-11,16,22-23H,2,6,9,12-15H2,1H3. The fourth-order valence-electron chi connectivity index (χ4n) is 2.81. The molecule has 3 nitrogen and oxygen atoms in total. The van der Waals surface area contributed by atoms with Gasteiger partial charge in [0.1, 0.15) is 0 Å². The van der Waals surface area contributed by atoms with Crippen LogP contribution >= 0.6 is 0 Å². The van der Waals surface area contributed by atoms with E-state index in [1.54, 1.807) is 12.1 Å². The minimum absolute atomic E-state index is 0.0337. The van der Waals surface area contributed by atoms with Gasteiger partial charge >= 0.3 is 0 Å². The Morgan fingerprint density at radius 1 is 0.783 bits per heavy atom. The monoisotopic (exact) mass is 313 g/mol. The van der Waals surface area contributed by atoms with Gasteiger partial charge in [0, 0.05) is 6.54 Å². The molecule has 0 aromatic heterocycles. The Bertz CT molecular complexity index is 583. The molecular formula is C20H27NO2. The number of hydrogen-bond donors (Lipinski definition) is 2. The van der Waals surface area contributed by atoms with Gasteiger partial charge in [-0.1, -0.05) is 43.3 Å². The van der Waals surface area contributed by atoms with Crippen molar-refractivity contribution in [2.75, 3.05) is 19.6 Å². The Hall–Kier alpha value is -2.00. The molecular weight excluding hydrogens is 286 g/mol. The smallest absolute Gasteiger partial charge is 0.157 e. The Labute approximate surface area is 139 Å². The summed E-state index contributed by atoms with van der Waals surface area (Å²) in [5.41, 5.74) is 2.46. The highest BCUT2D eigenvalue weighted by Crippen LogP contribution is 2.25. The van der Waals surface area contributed by atoms with Crippen LogP contribution in [0.5, 0.6) is 11.5 Å². The van der Waals surface area contributed by atoms with Gasteiger partial charge in [-0.05, 0) is 62.0 Å². The van der Waals surface area contributed by atoms with E-state index in [-0.39, 0.29) is 11.5 Å². The molecule has 23 heavy (non-hydrogen) atoms. The second-order valence-corrected chi connectivity index (χ2v) is 6.00. The van der Waals surface area contributed by atoms with E-state index in [2.05, 4.69) is 42.2 Å². The molecule has 124 valence electrons. The van der Waals surface area contributed by atoms with Crippen molar-refractivity contribution in [3.8, 4) is 11.5 Å². The number of hydrogen-bond acceptors (Lipinski definition) is 3. The summed E-state index contributed by atoms with van der Waals surface area (Å²) in [4.78, 5) is 2.48. The minimum Gasteiger partial charge on any atom is -0.504 e. The first-order valence-electron chi connectivity index (χ1n) is 8.46. The number of nitrogens with zero attached hydrogens (tertiary/aromatic N) is 1. The van der Waals surface area contributed by atoms with Gasteiger partial charge in [0.2, 0.25) is 0 Å². The Morgan fingerprint density at radius 2 is 1.57 bits per heavy atom. The normalized spacial score (nSPS) is 11.0. The topological polar surface area (TPSA) is 43.7 Å². The minimum atomic E-state index is -0.0537. The van der Waals surface area contributed by atoms with Gasteiger partial charge in [0.05, 0.1) is 0 Å². The molecule has 0 aliphatic heterocycles. The van der Waals surface area contributed by atoms with Gasteiger partial charge in [-0.3, -0.25) is 0 Å². The molecule has 0 fully saturated rings. The lowest BCUT2D eigenvalue weighted by Crippen LogP contribution is -2.28. The maximum absolute atomic E-state index is 9.57. The van der Waals surface area contributed by atoms with Crippen LogP contribution in [0.2, 0.25) is 0 Å². The van der Waals surface area contributed by atoms with Crippen molar-refractivity contribution in [3.05, 3.63) is 59.7 Å². The van der Waals surface area contributed by atoms with Gasteiger partial charge in [0.25, 0.3) is 0 Å². The zero-order chi connectivity index (χ0) is 16.5. The molecule has 2 aromatic carbocycles. The summed E-state index contributed by atoms with van der Waals surface area (Å²) in [7, 11) is 0. The average molecular weight is 313 g/mol. The van der Waals surface area contributed by atoms with Crippen molar-refractivity contribution in [1.82, 2.24) is 4.90 Å². The predicted molar refractivity (Wildman–Crippen MR) is 95.0 cm³/mol. The van der Waals surface area contributed by atoms with E-state index in [1.165, 1.54) is 5.56 Å². The second kappa shape index (κ2) is 9.21. The third-order valence-corrected chi connectivity index (χ3v) is 4.08. The largest absolute Gasteiger partial charge is 0.504 e. The fraction of sp³-hybridized carbons (Fsp3) is 0.400. The Kier molecular flexibility index (Phi) is 6.95. The summed E-state index contributed by atoms with van der Waals surface area (Å²) in [5, 5.41) is 18.9. The van der Waals surface area contributed by atoms with Crippen LogP contribution in [0.25, 0.3) is 0 Å². The molecule has 0 heterocycles. The van der Waals surface area contributed by atoms with Crippen LogP contribution < -0.4 is 0 Å². The zero-order valence-electron chi connectivity index (χ0n) is 13.9. The second-order valence-electron chi connectivity index (χ2n) is 6.00. The molecule has 0 saturated carbocycles. The van der Waals surface area contributed by atoms with Gasteiger partial charge in [-0.2, -0.15) is 0 Å². The summed E-state index contributed by atoms with van der Waals surface area (Å²) in [6, 6.07) is 15.7. The molecule has 2 N–H and O–H groups in total. The number of phenolic OH excluding ortho intramolecular Hbond substituents is 2. The van der Waals surface area contributed by atoms with E-state index in [9.17, 15) is 10.2 Å². The van der Waals surface area contributed by atoms with E-state index in [4.69, 9.17) is 0 Å². The Balaban J connectivity index is 1.79.